The van der Waals surface area contributed by atoms with E-state index in [1.165, 1.54) is 37.4 Å². The van der Waals surface area contributed by atoms with Crippen molar-refractivity contribution in [2.24, 2.45) is 5.92 Å². The van der Waals surface area contributed by atoms with E-state index in [0.29, 0.717) is 0 Å². The molecule has 1 aliphatic rings. The third-order valence-electron chi connectivity index (χ3n) is 5.56. The summed E-state index contributed by atoms with van der Waals surface area (Å²) >= 11 is 13.7. The largest absolute Gasteiger partial charge is 0.344 e. The number of rotatable bonds is 7. The molecule has 1 fully saturated rings. The summed E-state index contributed by atoms with van der Waals surface area (Å²) in [6, 6.07) is 10.3. The van der Waals surface area contributed by atoms with Gasteiger partial charge < -0.3 is 15.1 Å². The molecule has 6 heteroatoms. The Hall–Kier alpha value is -1.14. The molecule has 0 aliphatic carbocycles. The summed E-state index contributed by atoms with van der Waals surface area (Å²) < 4.78 is 0. The number of hydrogen-bond donors (Lipinski definition) is 2. The summed E-state index contributed by atoms with van der Waals surface area (Å²) in [6.45, 7) is 10.1. The molecular weight excluding hydrogens is 406 g/mol. The summed E-state index contributed by atoms with van der Waals surface area (Å²) in [6.07, 6.45) is 3.89. The van der Waals surface area contributed by atoms with Crippen molar-refractivity contribution in [1.82, 2.24) is 4.90 Å². The zero-order valence-corrected chi connectivity index (χ0v) is 19.2. The van der Waals surface area contributed by atoms with Crippen LogP contribution in [0, 0.1) is 12.8 Å². The molecule has 2 heterocycles. The van der Waals surface area contributed by atoms with Crippen LogP contribution in [0.25, 0.3) is 0 Å². The molecule has 3 nitrogen and oxygen atoms in total. The van der Waals surface area contributed by atoms with E-state index in [1.54, 1.807) is 16.2 Å². The lowest BCUT2D eigenvalue weighted by Gasteiger charge is -2.29. The molecule has 0 saturated carbocycles. The summed E-state index contributed by atoms with van der Waals surface area (Å²) in [4.78, 5) is 5.40. The Morgan fingerprint density at radius 1 is 1.32 bits per heavy atom. The molecule has 2 N–H and O–H groups in total. The van der Waals surface area contributed by atoms with E-state index in [1.807, 2.05) is 19.1 Å². The summed E-state index contributed by atoms with van der Waals surface area (Å²) in [5, 5.41) is 7.12. The minimum Gasteiger partial charge on any atom is -0.344 e. The number of anilines is 1. The highest BCUT2D eigenvalue weighted by atomic mass is 35.5. The van der Waals surface area contributed by atoms with Crippen molar-refractivity contribution in [1.29, 1.82) is 0 Å². The van der Waals surface area contributed by atoms with Crippen molar-refractivity contribution < 1.29 is 4.90 Å². The highest BCUT2D eigenvalue weighted by molar-refractivity contribution is 7.80. The Morgan fingerprint density at radius 2 is 2.11 bits per heavy atom. The predicted molar refractivity (Wildman–Crippen MR) is 126 cm³/mol. The van der Waals surface area contributed by atoms with E-state index >= 15 is 0 Å². The molecular formula is C22H31ClN3S2+. The molecule has 0 radical (unpaired) electrons. The number of aryl methyl sites for hydroxylation is 1. The molecule has 0 atom stereocenters. The van der Waals surface area contributed by atoms with Crippen molar-refractivity contribution in [3.8, 4) is 0 Å². The number of quaternary nitrogens is 1. The van der Waals surface area contributed by atoms with Gasteiger partial charge in [0, 0.05) is 28.6 Å². The molecule has 1 aromatic heterocycles. The van der Waals surface area contributed by atoms with Crippen LogP contribution in [0.1, 0.15) is 36.6 Å². The van der Waals surface area contributed by atoms with Crippen LogP contribution in [-0.2, 0) is 6.54 Å². The maximum Gasteiger partial charge on any atom is 0.173 e. The highest BCUT2D eigenvalue weighted by Gasteiger charge is 2.19. The van der Waals surface area contributed by atoms with Gasteiger partial charge in [-0.05, 0) is 73.1 Å². The van der Waals surface area contributed by atoms with Crippen molar-refractivity contribution in [3.05, 3.63) is 51.2 Å². The average Bonchev–Trinajstić information content (AvgIpc) is 3.18. The lowest BCUT2D eigenvalue weighted by atomic mass is 9.99. The van der Waals surface area contributed by atoms with Gasteiger partial charge >= 0.3 is 0 Å². The zero-order valence-electron chi connectivity index (χ0n) is 16.8. The minimum atomic E-state index is 0.783. The Bertz CT molecular complexity index is 755. The first-order valence-corrected chi connectivity index (χ1v) is 11.9. The van der Waals surface area contributed by atoms with Gasteiger partial charge in [0.25, 0.3) is 0 Å². The van der Waals surface area contributed by atoms with Gasteiger partial charge in [-0.25, -0.2) is 0 Å². The first-order valence-electron chi connectivity index (χ1n) is 10.2. The quantitative estimate of drug-likeness (QED) is 0.618. The number of nitrogens with zero attached hydrogens (tertiary/aromatic N) is 1. The van der Waals surface area contributed by atoms with E-state index in [9.17, 15) is 0 Å². The van der Waals surface area contributed by atoms with Crippen LogP contribution in [0.15, 0.2) is 35.7 Å². The number of nitrogens with one attached hydrogen (secondary N) is 2. The molecule has 0 unspecified atom stereocenters. The number of halogens is 1. The Labute approximate surface area is 183 Å². The average molecular weight is 437 g/mol. The second kappa shape index (κ2) is 10.6. The second-order valence-electron chi connectivity index (χ2n) is 7.93. The molecule has 0 bridgehead atoms. The standard InChI is InChI=1S/C22H30ClN3S2/c1-17-8-12-25(13-9-17)10-4-11-26(16-20-5-3-14-28-20)22(27)24-19-6-7-21(23)18(2)15-19/h3,5-7,14-15,17H,4,8-13,16H2,1-2H3,(H,24,27)/p+1. The van der Waals surface area contributed by atoms with E-state index in [4.69, 9.17) is 23.8 Å². The van der Waals surface area contributed by atoms with Crippen LogP contribution in [0.3, 0.4) is 0 Å². The van der Waals surface area contributed by atoms with Gasteiger partial charge in [0.2, 0.25) is 0 Å². The van der Waals surface area contributed by atoms with Gasteiger partial charge in [-0.2, -0.15) is 0 Å². The van der Waals surface area contributed by atoms with Gasteiger partial charge in [-0.15, -0.1) is 11.3 Å². The predicted octanol–water partition coefficient (Wildman–Crippen LogP) is 4.61. The number of benzene rings is 1. The van der Waals surface area contributed by atoms with Crippen LogP contribution in [0.2, 0.25) is 5.02 Å². The molecule has 1 saturated heterocycles. The molecule has 1 aliphatic heterocycles. The summed E-state index contributed by atoms with van der Waals surface area (Å²) in [5.41, 5.74) is 2.06. The number of hydrogen-bond acceptors (Lipinski definition) is 2. The van der Waals surface area contributed by atoms with Gasteiger partial charge in [-0.1, -0.05) is 24.6 Å². The smallest absolute Gasteiger partial charge is 0.173 e. The third-order valence-corrected chi connectivity index (χ3v) is 7.21. The maximum absolute atomic E-state index is 6.15. The van der Waals surface area contributed by atoms with Gasteiger partial charge in [0.15, 0.2) is 5.11 Å². The van der Waals surface area contributed by atoms with Crippen LogP contribution < -0.4 is 10.2 Å². The Kier molecular flexibility index (Phi) is 8.15. The molecule has 152 valence electrons. The van der Waals surface area contributed by atoms with Crippen molar-refractivity contribution in [2.75, 3.05) is 31.5 Å². The van der Waals surface area contributed by atoms with Crippen molar-refractivity contribution in [2.45, 2.75) is 39.7 Å². The van der Waals surface area contributed by atoms with Crippen LogP contribution in [-0.4, -0.2) is 36.2 Å². The second-order valence-corrected chi connectivity index (χ2v) is 9.76. The Balaban J connectivity index is 1.57. The van der Waals surface area contributed by atoms with Gasteiger partial charge in [-0.3, -0.25) is 0 Å². The summed E-state index contributed by atoms with van der Waals surface area (Å²) in [5.74, 6) is 0.902. The first kappa shape index (κ1) is 21.6. The molecule has 1 aromatic carbocycles. The topological polar surface area (TPSA) is 19.7 Å². The zero-order chi connectivity index (χ0) is 19.9. The molecule has 2 aromatic rings. The summed E-state index contributed by atoms with van der Waals surface area (Å²) in [7, 11) is 0. The fourth-order valence-corrected chi connectivity index (χ4v) is 4.82. The van der Waals surface area contributed by atoms with Crippen LogP contribution >= 0.6 is 35.2 Å². The number of thiophene rings is 1. The van der Waals surface area contributed by atoms with E-state index in [-0.39, 0.29) is 0 Å². The normalized spacial score (nSPS) is 19.4. The molecule has 0 amide bonds. The van der Waals surface area contributed by atoms with E-state index in [0.717, 1.165) is 46.8 Å². The van der Waals surface area contributed by atoms with Crippen molar-refractivity contribution >= 4 is 46.0 Å². The third kappa shape index (κ3) is 6.45. The minimum absolute atomic E-state index is 0.783. The van der Waals surface area contributed by atoms with E-state index in [2.05, 4.69) is 40.7 Å². The van der Waals surface area contributed by atoms with Gasteiger partial charge in [0.1, 0.15) is 0 Å². The molecule has 3 rings (SSSR count). The van der Waals surface area contributed by atoms with E-state index < -0.39 is 0 Å². The first-order chi connectivity index (χ1) is 13.5. The lowest BCUT2D eigenvalue weighted by Crippen LogP contribution is -3.13. The molecule has 0 spiro atoms. The SMILES string of the molecule is Cc1cc(NC(=S)N(CCC[NH+]2CCC(C)CC2)Cc2cccs2)ccc1Cl. The van der Waals surface area contributed by atoms with Crippen LogP contribution in [0.4, 0.5) is 5.69 Å². The fraction of sp³-hybridized carbons (Fsp3) is 0.500. The number of thiocarbonyl (C=S) groups is 1. The van der Waals surface area contributed by atoms with Crippen LogP contribution in [0.5, 0.6) is 0 Å². The number of likely N-dealkylation sites (tertiary alicyclic amines) is 1. The van der Waals surface area contributed by atoms with Crippen molar-refractivity contribution in [3.63, 3.8) is 0 Å². The maximum atomic E-state index is 6.15. The number of piperidine rings is 1. The monoisotopic (exact) mass is 436 g/mol. The fourth-order valence-electron chi connectivity index (χ4n) is 3.71. The molecule has 28 heavy (non-hydrogen) atoms. The van der Waals surface area contributed by atoms with Gasteiger partial charge in [0.05, 0.1) is 26.2 Å². The lowest BCUT2D eigenvalue weighted by molar-refractivity contribution is -0.906. The highest BCUT2D eigenvalue weighted by Crippen LogP contribution is 2.20. The Morgan fingerprint density at radius 3 is 2.79 bits per heavy atom.